The summed E-state index contributed by atoms with van der Waals surface area (Å²) in [5.74, 6) is 0.194. The molecule has 0 aliphatic heterocycles. The van der Waals surface area contributed by atoms with E-state index in [1.807, 2.05) is 11.4 Å². The third kappa shape index (κ3) is 3.03. The van der Waals surface area contributed by atoms with Crippen LogP contribution >= 0.6 is 54.5 Å². The Kier molecular flexibility index (Phi) is 4.35. The van der Waals surface area contributed by atoms with Crippen molar-refractivity contribution in [3.05, 3.63) is 41.6 Å². The molecule has 0 amide bonds. The number of aryl methyl sites for hydroxylation is 1. The van der Waals surface area contributed by atoms with Gasteiger partial charge in [0.1, 0.15) is 0 Å². The Hall–Kier alpha value is 0.0300. The standard InChI is InChI=1S/C11H8Br2OS2/c12-10-5-8(11(13)16-10)9(14)2-1-7-3-4-15-6-7/h3-6H,1-2H2. The van der Waals surface area contributed by atoms with Gasteiger partial charge in [-0.2, -0.15) is 11.3 Å². The summed E-state index contributed by atoms with van der Waals surface area (Å²) in [6.07, 6.45) is 1.39. The molecule has 0 saturated carbocycles. The first-order chi connectivity index (χ1) is 7.66. The molecule has 2 aromatic heterocycles. The van der Waals surface area contributed by atoms with Crippen LogP contribution < -0.4 is 0 Å². The number of rotatable bonds is 4. The van der Waals surface area contributed by atoms with Crippen LogP contribution in [0.2, 0.25) is 0 Å². The number of hydrogen-bond donors (Lipinski definition) is 0. The minimum atomic E-state index is 0.194. The monoisotopic (exact) mass is 378 g/mol. The summed E-state index contributed by atoms with van der Waals surface area (Å²) in [7, 11) is 0. The van der Waals surface area contributed by atoms with Crippen molar-refractivity contribution >= 4 is 60.3 Å². The van der Waals surface area contributed by atoms with Crippen LogP contribution in [-0.4, -0.2) is 5.78 Å². The molecule has 0 atom stereocenters. The quantitative estimate of drug-likeness (QED) is 0.671. The molecule has 0 N–H and O–H groups in total. The van der Waals surface area contributed by atoms with Gasteiger partial charge in [0.05, 0.1) is 7.57 Å². The van der Waals surface area contributed by atoms with E-state index in [1.165, 1.54) is 16.9 Å². The van der Waals surface area contributed by atoms with Gasteiger partial charge in [-0.3, -0.25) is 4.79 Å². The van der Waals surface area contributed by atoms with Crippen molar-refractivity contribution in [2.75, 3.05) is 0 Å². The third-order valence-electron chi connectivity index (χ3n) is 2.18. The van der Waals surface area contributed by atoms with Gasteiger partial charge in [0, 0.05) is 12.0 Å². The minimum absolute atomic E-state index is 0.194. The average Bonchev–Trinajstić information content (AvgIpc) is 2.84. The molecule has 2 rings (SSSR count). The fourth-order valence-electron chi connectivity index (χ4n) is 1.36. The maximum absolute atomic E-state index is 11.9. The van der Waals surface area contributed by atoms with Gasteiger partial charge in [-0.25, -0.2) is 0 Å². The summed E-state index contributed by atoms with van der Waals surface area (Å²) in [6.45, 7) is 0. The van der Waals surface area contributed by atoms with Crippen LogP contribution in [0.25, 0.3) is 0 Å². The van der Waals surface area contributed by atoms with Gasteiger partial charge in [-0.05, 0) is 66.7 Å². The average molecular weight is 380 g/mol. The molecule has 2 heterocycles. The van der Waals surface area contributed by atoms with Crippen molar-refractivity contribution in [1.29, 1.82) is 0 Å². The van der Waals surface area contributed by atoms with Crippen LogP contribution in [-0.2, 0) is 6.42 Å². The number of ketones is 1. The van der Waals surface area contributed by atoms with E-state index in [1.54, 1.807) is 11.3 Å². The molecule has 0 fully saturated rings. The molecule has 0 saturated heterocycles. The maximum Gasteiger partial charge on any atom is 0.165 e. The number of thiophene rings is 2. The highest BCUT2D eigenvalue weighted by Crippen LogP contribution is 2.32. The zero-order chi connectivity index (χ0) is 11.5. The molecule has 2 aromatic rings. The van der Waals surface area contributed by atoms with Crippen LogP contribution in [0.15, 0.2) is 30.5 Å². The van der Waals surface area contributed by atoms with Gasteiger partial charge in [0.15, 0.2) is 5.78 Å². The van der Waals surface area contributed by atoms with Gasteiger partial charge in [0.25, 0.3) is 0 Å². The second kappa shape index (κ2) is 5.58. The fourth-order valence-corrected chi connectivity index (χ4v) is 4.92. The maximum atomic E-state index is 11.9. The predicted octanol–water partition coefficient (Wildman–Crippen LogP) is 5.15. The Morgan fingerprint density at radius 2 is 2.19 bits per heavy atom. The van der Waals surface area contributed by atoms with Gasteiger partial charge in [-0.1, -0.05) is 0 Å². The zero-order valence-corrected chi connectivity index (χ0v) is 13.0. The number of carbonyl (C=O) groups is 1. The van der Waals surface area contributed by atoms with E-state index in [9.17, 15) is 4.79 Å². The summed E-state index contributed by atoms with van der Waals surface area (Å²) in [5, 5.41) is 4.13. The molecule has 1 nitrogen and oxygen atoms in total. The molecule has 0 aliphatic rings. The molecule has 0 aliphatic carbocycles. The minimum Gasteiger partial charge on any atom is -0.294 e. The summed E-state index contributed by atoms with van der Waals surface area (Å²) in [4.78, 5) is 11.9. The molecular weight excluding hydrogens is 372 g/mol. The lowest BCUT2D eigenvalue weighted by Gasteiger charge is -1.97. The van der Waals surface area contributed by atoms with Crippen molar-refractivity contribution in [2.24, 2.45) is 0 Å². The molecule has 0 radical (unpaired) electrons. The lowest BCUT2D eigenvalue weighted by Crippen LogP contribution is -1.99. The first kappa shape index (κ1) is 12.5. The highest BCUT2D eigenvalue weighted by atomic mass is 79.9. The number of halogens is 2. The molecule has 16 heavy (non-hydrogen) atoms. The van der Waals surface area contributed by atoms with E-state index in [0.717, 1.165) is 19.6 Å². The predicted molar refractivity (Wildman–Crippen MR) is 76.7 cm³/mol. The van der Waals surface area contributed by atoms with Gasteiger partial charge in [-0.15, -0.1) is 11.3 Å². The van der Waals surface area contributed by atoms with Crippen LogP contribution in [0.5, 0.6) is 0 Å². The highest BCUT2D eigenvalue weighted by molar-refractivity contribution is 9.12. The lowest BCUT2D eigenvalue weighted by molar-refractivity contribution is 0.0982. The Morgan fingerprint density at radius 3 is 2.75 bits per heavy atom. The molecular formula is C11H8Br2OS2. The largest absolute Gasteiger partial charge is 0.294 e. The van der Waals surface area contributed by atoms with Crippen molar-refractivity contribution in [3.63, 3.8) is 0 Å². The fraction of sp³-hybridized carbons (Fsp3) is 0.182. The molecule has 5 heteroatoms. The summed E-state index contributed by atoms with van der Waals surface area (Å²) in [6, 6.07) is 3.95. The van der Waals surface area contributed by atoms with Crippen LogP contribution in [0.1, 0.15) is 22.3 Å². The van der Waals surface area contributed by atoms with Crippen LogP contribution in [0.3, 0.4) is 0 Å². The van der Waals surface area contributed by atoms with Crippen molar-refractivity contribution in [3.8, 4) is 0 Å². The van der Waals surface area contributed by atoms with Gasteiger partial charge < -0.3 is 0 Å². The smallest absolute Gasteiger partial charge is 0.165 e. The van der Waals surface area contributed by atoms with Gasteiger partial charge in [0.2, 0.25) is 0 Å². The summed E-state index contributed by atoms with van der Waals surface area (Å²) >= 11 is 9.99. The number of hydrogen-bond acceptors (Lipinski definition) is 3. The van der Waals surface area contributed by atoms with E-state index in [0.29, 0.717) is 6.42 Å². The van der Waals surface area contributed by atoms with E-state index in [-0.39, 0.29) is 5.78 Å². The second-order valence-corrected chi connectivity index (χ2v) is 7.82. The summed E-state index contributed by atoms with van der Waals surface area (Å²) < 4.78 is 1.90. The number of carbonyl (C=O) groups excluding carboxylic acids is 1. The molecule has 84 valence electrons. The van der Waals surface area contributed by atoms with Crippen LogP contribution in [0.4, 0.5) is 0 Å². The molecule has 0 aromatic carbocycles. The van der Waals surface area contributed by atoms with Gasteiger partial charge >= 0.3 is 0 Å². The van der Waals surface area contributed by atoms with Crippen LogP contribution in [0, 0.1) is 0 Å². The summed E-state index contributed by atoms with van der Waals surface area (Å²) in [5.41, 5.74) is 2.02. The lowest BCUT2D eigenvalue weighted by atomic mass is 10.1. The van der Waals surface area contributed by atoms with Crippen molar-refractivity contribution in [2.45, 2.75) is 12.8 Å². The van der Waals surface area contributed by atoms with E-state index in [4.69, 9.17) is 0 Å². The second-order valence-electron chi connectivity index (χ2n) is 3.29. The van der Waals surface area contributed by atoms with E-state index >= 15 is 0 Å². The van der Waals surface area contributed by atoms with Crippen molar-refractivity contribution in [1.82, 2.24) is 0 Å². The molecule has 0 bridgehead atoms. The topological polar surface area (TPSA) is 17.1 Å². The SMILES string of the molecule is O=C(CCc1ccsc1)c1cc(Br)sc1Br. The Balaban J connectivity index is 2.01. The number of Topliss-reactive ketones (excluding diaryl/α,β-unsaturated/α-hetero) is 1. The normalized spacial score (nSPS) is 10.6. The van der Waals surface area contributed by atoms with Crippen molar-refractivity contribution < 1.29 is 4.79 Å². The van der Waals surface area contributed by atoms with E-state index in [2.05, 4.69) is 43.3 Å². The van der Waals surface area contributed by atoms with E-state index < -0.39 is 0 Å². The molecule has 0 spiro atoms. The zero-order valence-electron chi connectivity index (χ0n) is 8.20. The Bertz CT molecular complexity index is 488. The Morgan fingerprint density at radius 1 is 1.38 bits per heavy atom. The first-order valence-corrected chi connectivity index (χ1v) is 8.00. The third-order valence-corrected chi connectivity index (χ3v) is 5.25. The molecule has 0 unspecified atom stereocenters. The first-order valence-electron chi connectivity index (χ1n) is 4.66. The Labute approximate surface area is 119 Å². The highest BCUT2D eigenvalue weighted by Gasteiger charge is 2.13.